The number of hydrogen-bond donors (Lipinski definition) is 3. The number of carboxylic acids is 1. The van der Waals surface area contributed by atoms with Gasteiger partial charge in [-0.25, -0.2) is 24.7 Å². The van der Waals surface area contributed by atoms with E-state index in [0.29, 0.717) is 22.8 Å². The van der Waals surface area contributed by atoms with E-state index in [1.54, 1.807) is 12.4 Å². The Balaban J connectivity index is 0.000000257. The van der Waals surface area contributed by atoms with Crippen LogP contribution < -0.4 is 10.6 Å². The number of carbonyl (C=O) groups is 1. The van der Waals surface area contributed by atoms with Crippen LogP contribution >= 0.6 is 23.2 Å². The number of halogens is 2. The quantitative estimate of drug-likeness (QED) is 0.713. The summed E-state index contributed by atoms with van der Waals surface area (Å²) >= 11 is 11.5. The van der Waals surface area contributed by atoms with Gasteiger partial charge >= 0.3 is 5.97 Å². The zero-order valence-corrected chi connectivity index (χ0v) is 15.8. The van der Waals surface area contributed by atoms with Crippen LogP contribution in [0.25, 0.3) is 0 Å². The van der Waals surface area contributed by atoms with Crippen LogP contribution in [0.1, 0.15) is 38.2 Å². The fourth-order valence-electron chi connectivity index (χ4n) is 1.53. The van der Waals surface area contributed by atoms with Gasteiger partial charge in [-0.2, -0.15) is 0 Å². The monoisotopic (exact) mass is 386 g/mol. The predicted molar refractivity (Wildman–Crippen MR) is 98.6 cm³/mol. The molecule has 2 aromatic heterocycles. The van der Waals surface area contributed by atoms with Crippen LogP contribution in [0, 0.1) is 0 Å². The molecule has 136 valence electrons. The summed E-state index contributed by atoms with van der Waals surface area (Å²) in [7, 11) is 0. The Labute approximate surface area is 156 Å². The first kappa shape index (κ1) is 20.9. The highest BCUT2D eigenvalue weighted by molar-refractivity contribution is 6.32. The molecule has 0 aliphatic rings. The summed E-state index contributed by atoms with van der Waals surface area (Å²) in [5.74, 6) is -0.105. The van der Waals surface area contributed by atoms with Crippen molar-refractivity contribution in [3.8, 4) is 0 Å². The fourth-order valence-corrected chi connectivity index (χ4v) is 1.89. The van der Waals surface area contributed by atoms with Crippen LogP contribution in [0.15, 0.2) is 18.6 Å². The van der Waals surface area contributed by atoms with Crippen LogP contribution in [-0.2, 0) is 0 Å². The maximum Gasteiger partial charge on any atom is 0.356 e. The van der Waals surface area contributed by atoms with Gasteiger partial charge in [0.2, 0.25) is 0 Å². The van der Waals surface area contributed by atoms with Crippen LogP contribution in [0.2, 0.25) is 10.3 Å². The Bertz CT molecular complexity index is 712. The minimum absolute atomic E-state index is 0.0681. The van der Waals surface area contributed by atoms with Gasteiger partial charge in [0.1, 0.15) is 0 Å². The third-order valence-corrected chi connectivity index (χ3v) is 2.99. The Kier molecular flexibility index (Phi) is 8.30. The molecule has 3 N–H and O–H groups in total. The molecular weight excluding hydrogens is 367 g/mol. The molecule has 0 saturated heterocycles. The molecule has 25 heavy (non-hydrogen) atoms. The second-order valence-electron chi connectivity index (χ2n) is 5.49. The van der Waals surface area contributed by atoms with E-state index < -0.39 is 5.97 Å². The maximum atomic E-state index is 10.5. The molecule has 0 fully saturated rings. The van der Waals surface area contributed by atoms with Crippen molar-refractivity contribution in [1.29, 1.82) is 0 Å². The van der Waals surface area contributed by atoms with Crippen LogP contribution in [0.3, 0.4) is 0 Å². The highest BCUT2D eigenvalue weighted by Gasteiger charge is 2.10. The molecule has 0 spiro atoms. The molecule has 2 heterocycles. The van der Waals surface area contributed by atoms with Crippen LogP contribution in [0.4, 0.5) is 11.6 Å². The SMILES string of the molecule is CC(C)Nc1ncc(C(=O)O)nc1Cl.CC(C)Nc1nccnc1Cl. The highest BCUT2D eigenvalue weighted by Crippen LogP contribution is 2.17. The van der Waals surface area contributed by atoms with Crippen LogP contribution in [-0.4, -0.2) is 43.1 Å². The van der Waals surface area contributed by atoms with Crippen molar-refractivity contribution in [2.75, 3.05) is 10.6 Å². The number of carboxylic acid groups (broad SMARTS) is 1. The number of hydrogen-bond acceptors (Lipinski definition) is 7. The lowest BCUT2D eigenvalue weighted by Gasteiger charge is -2.09. The summed E-state index contributed by atoms with van der Waals surface area (Å²) in [5, 5.41) is 15.1. The fraction of sp³-hybridized carbons (Fsp3) is 0.400. The molecule has 2 rings (SSSR count). The summed E-state index contributed by atoms with van der Waals surface area (Å²) in [4.78, 5) is 25.9. The van der Waals surface area contributed by atoms with Gasteiger partial charge in [0.15, 0.2) is 27.6 Å². The third kappa shape index (κ3) is 7.49. The Morgan fingerprint density at radius 3 is 1.92 bits per heavy atom. The van der Waals surface area contributed by atoms with Crippen molar-refractivity contribution in [3.05, 3.63) is 34.6 Å². The molecule has 0 bridgehead atoms. The summed E-state index contributed by atoms with van der Waals surface area (Å²) in [6.45, 7) is 7.88. The zero-order chi connectivity index (χ0) is 19.0. The first-order chi connectivity index (χ1) is 11.7. The summed E-state index contributed by atoms with van der Waals surface area (Å²) in [5.41, 5.74) is -0.163. The van der Waals surface area contributed by atoms with Gasteiger partial charge < -0.3 is 15.7 Å². The van der Waals surface area contributed by atoms with Crippen molar-refractivity contribution < 1.29 is 9.90 Å². The molecule has 0 aliphatic heterocycles. The summed E-state index contributed by atoms with van der Waals surface area (Å²) in [6, 6.07) is 0.488. The molecular formula is C15H20Cl2N6O2. The molecule has 0 unspecified atom stereocenters. The second kappa shape index (κ2) is 9.95. The standard InChI is InChI=1S/C8H10ClN3O2.C7H10ClN3/c1-4(2)11-7-6(9)12-5(3-10-7)8(13)14;1-5(2)11-7-6(8)9-3-4-10-7/h3-4H,1-2H3,(H,10,11)(H,13,14);3-5H,1-2H3,(H,10,11). The van der Waals surface area contributed by atoms with Gasteiger partial charge in [0.25, 0.3) is 0 Å². The average molecular weight is 387 g/mol. The van der Waals surface area contributed by atoms with E-state index in [1.807, 2.05) is 27.7 Å². The molecule has 8 nitrogen and oxygen atoms in total. The van der Waals surface area contributed by atoms with E-state index in [1.165, 1.54) is 6.20 Å². The predicted octanol–water partition coefficient (Wildman–Crippen LogP) is 3.60. The molecule has 2 aromatic rings. The largest absolute Gasteiger partial charge is 0.476 e. The third-order valence-electron chi connectivity index (χ3n) is 2.45. The number of nitrogens with zero attached hydrogens (tertiary/aromatic N) is 4. The minimum Gasteiger partial charge on any atom is -0.476 e. The highest BCUT2D eigenvalue weighted by atomic mass is 35.5. The van der Waals surface area contributed by atoms with E-state index in [9.17, 15) is 4.79 Å². The smallest absolute Gasteiger partial charge is 0.356 e. The van der Waals surface area contributed by atoms with Crippen LogP contribution in [0.5, 0.6) is 0 Å². The van der Waals surface area contributed by atoms with E-state index in [0.717, 1.165) is 0 Å². The van der Waals surface area contributed by atoms with Gasteiger partial charge in [-0.1, -0.05) is 23.2 Å². The van der Waals surface area contributed by atoms with Crippen molar-refractivity contribution in [2.45, 2.75) is 39.8 Å². The lowest BCUT2D eigenvalue weighted by Crippen LogP contribution is -2.13. The number of aromatic carboxylic acids is 1. The number of aromatic nitrogens is 4. The normalized spacial score (nSPS) is 10.2. The van der Waals surface area contributed by atoms with Crippen molar-refractivity contribution in [1.82, 2.24) is 19.9 Å². The molecule has 0 aromatic carbocycles. The van der Waals surface area contributed by atoms with Gasteiger partial charge in [-0.05, 0) is 27.7 Å². The first-order valence-electron chi connectivity index (χ1n) is 7.46. The first-order valence-corrected chi connectivity index (χ1v) is 8.21. The van der Waals surface area contributed by atoms with Crippen molar-refractivity contribution in [3.63, 3.8) is 0 Å². The van der Waals surface area contributed by atoms with Gasteiger partial charge in [0, 0.05) is 24.5 Å². The average Bonchev–Trinajstić information content (AvgIpc) is 2.51. The van der Waals surface area contributed by atoms with E-state index in [4.69, 9.17) is 28.3 Å². The molecule has 0 aliphatic carbocycles. The maximum absolute atomic E-state index is 10.5. The second-order valence-corrected chi connectivity index (χ2v) is 6.21. The molecule has 0 atom stereocenters. The Hall–Kier alpha value is -2.19. The number of anilines is 2. The van der Waals surface area contributed by atoms with Gasteiger partial charge in [0.05, 0.1) is 6.20 Å². The molecule has 0 saturated carbocycles. The van der Waals surface area contributed by atoms with E-state index in [2.05, 4.69) is 30.6 Å². The topological polar surface area (TPSA) is 113 Å². The summed E-state index contributed by atoms with van der Waals surface area (Å²) in [6.07, 6.45) is 4.34. The van der Waals surface area contributed by atoms with E-state index >= 15 is 0 Å². The Morgan fingerprint density at radius 2 is 1.48 bits per heavy atom. The Morgan fingerprint density at radius 1 is 0.960 bits per heavy atom. The summed E-state index contributed by atoms with van der Waals surface area (Å²) < 4.78 is 0. The number of rotatable bonds is 5. The molecule has 0 radical (unpaired) electrons. The molecule has 0 amide bonds. The van der Waals surface area contributed by atoms with Gasteiger partial charge in [-0.15, -0.1) is 0 Å². The lowest BCUT2D eigenvalue weighted by atomic mass is 10.4. The van der Waals surface area contributed by atoms with E-state index in [-0.39, 0.29) is 16.9 Å². The molecule has 10 heteroatoms. The van der Waals surface area contributed by atoms with Crippen molar-refractivity contribution in [2.24, 2.45) is 0 Å². The number of nitrogens with one attached hydrogen (secondary N) is 2. The zero-order valence-electron chi connectivity index (χ0n) is 14.3. The van der Waals surface area contributed by atoms with Crippen molar-refractivity contribution >= 4 is 40.8 Å². The lowest BCUT2D eigenvalue weighted by molar-refractivity contribution is 0.0690. The van der Waals surface area contributed by atoms with Gasteiger partial charge in [-0.3, -0.25) is 0 Å². The minimum atomic E-state index is -1.14.